The fourth-order valence-electron chi connectivity index (χ4n) is 4.28. The number of carbonyl (C=O) groups is 2. The molecular formula is C30H35BrClN5O5. The summed E-state index contributed by atoms with van der Waals surface area (Å²) < 4.78 is 18.0. The standard InChI is InChI=1S/C30H35BrClN5O5/c1-6-40-27-21(26(38)35-25-22(31)8-7-9-23(25)32)17-33-28(36-27)34-19-10-11-24(18(2)16-19)41-20-12-14-37(15-13-20)29(39)42-30(3,4)5/h7-11,16-17,20H,6,12-15H2,1-5H3,(H,35,38)(H,33,34,36). The van der Waals surface area contributed by atoms with Crippen LogP contribution in [-0.4, -0.2) is 58.3 Å². The fraction of sp³-hybridized carbons (Fsp3) is 0.400. The van der Waals surface area contributed by atoms with Gasteiger partial charge in [0.25, 0.3) is 5.91 Å². The Balaban J connectivity index is 1.39. The Labute approximate surface area is 259 Å². The lowest BCUT2D eigenvalue weighted by molar-refractivity contribution is 0.0126. The molecular weight excluding hydrogens is 626 g/mol. The molecule has 0 atom stereocenters. The van der Waals surface area contributed by atoms with Crippen molar-refractivity contribution in [2.24, 2.45) is 0 Å². The Morgan fingerprint density at radius 1 is 1.17 bits per heavy atom. The van der Waals surface area contributed by atoms with Gasteiger partial charge in [-0.25, -0.2) is 9.78 Å². The summed E-state index contributed by atoms with van der Waals surface area (Å²) in [5, 5.41) is 6.35. The van der Waals surface area contributed by atoms with Gasteiger partial charge in [-0.1, -0.05) is 17.7 Å². The largest absolute Gasteiger partial charge is 0.490 e. The third-order valence-electron chi connectivity index (χ3n) is 6.30. The summed E-state index contributed by atoms with van der Waals surface area (Å²) in [5.41, 5.74) is 1.78. The van der Waals surface area contributed by atoms with Crippen LogP contribution in [0.4, 0.5) is 22.1 Å². The van der Waals surface area contributed by atoms with Gasteiger partial charge in [0.1, 0.15) is 23.0 Å². The number of aromatic nitrogens is 2. The average molecular weight is 661 g/mol. The van der Waals surface area contributed by atoms with Crippen molar-refractivity contribution >= 4 is 56.9 Å². The zero-order valence-corrected chi connectivity index (χ0v) is 26.6. The lowest BCUT2D eigenvalue weighted by Crippen LogP contribution is -2.44. The molecule has 42 heavy (non-hydrogen) atoms. The molecule has 12 heteroatoms. The summed E-state index contributed by atoms with van der Waals surface area (Å²) in [4.78, 5) is 35.9. The summed E-state index contributed by atoms with van der Waals surface area (Å²) >= 11 is 9.65. The second-order valence-corrected chi connectivity index (χ2v) is 12.0. The van der Waals surface area contributed by atoms with Crippen molar-refractivity contribution in [1.82, 2.24) is 14.9 Å². The molecule has 4 rings (SSSR count). The van der Waals surface area contributed by atoms with Crippen molar-refractivity contribution in [1.29, 1.82) is 0 Å². The molecule has 0 saturated carbocycles. The number of rotatable bonds is 8. The van der Waals surface area contributed by atoms with Gasteiger partial charge in [-0.15, -0.1) is 0 Å². The average Bonchev–Trinajstić information content (AvgIpc) is 2.92. The Kier molecular flexibility index (Phi) is 10.2. The molecule has 0 bridgehead atoms. The van der Waals surface area contributed by atoms with Crippen LogP contribution in [-0.2, 0) is 4.74 Å². The van der Waals surface area contributed by atoms with E-state index in [-0.39, 0.29) is 29.6 Å². The van der Waals surface area contributed by atoms with Crippen LogP contribution in [0.3, 0.4) is 0 Å². The SMILES string of the molecule is CCOc1nc(Nc2ccc(OC3CCN(C(=O)OC(C)(C)C)CC3)c(C)c2)ncc1C(=O)Nc1c(Cl)cccc1Br. The maximum absolute atomic E-state index is 13.0. The van der Waals surface area contributed by atoms with Gasteiger partial charge in [0.05, 0.1) is 17.3 Å². The third kappa shape index (κ3) is 8.25. The van der Waals surface area contributed by atoms with Gasteiger partial charge >= 0.3 is 6.09 Å². The number of carbonyl (C=O) groups excluding carboxylic acids is 2. The number of likely N-dealkylation sites (tertiary alicyclic amines) is 1. The van der Waals surface area contributed by atoms with E-state index >= 15 is 0 Å². The molecule has 1 aliphatic rings. The molecule has 2 amide bonds. The maximum Gasteiger partial charge on any atom is 0.410 e. The highest BCUT2D eigenvalue weighted by atomic mass is 79.9. The summed E-state index contributed by atoms with van der Waals surface area (Å²) in [6.07, 6.45) is 2.57. The minimum absolute atomic E-state index is 0.00311. The second-order valence-electron chi connectivity index (χ2n) is 10.8. The quantitative estimate of drug-likeness (QED) is 0.257. The van der Waals surface area contributed by atoms with Crippen LogP contribution in [0, 0.1) is 6.92 Å². The number of nitrogens with one attached hydrogen (secondary N) is 2. The zero-order valence-electron chi connectivity index (χ0n) is 24.3. The van der Waals surface area contributed by atoms with Gasteiger partial charge in [-0.2, -0.15) is 4.98 Å². The molecule has 0 aliphatic carbocycles. The van der Waals surface area contributed by atoms with Crippen LogP contribution >= 0.6 is 27.5 Å². The van der Waals surface area contributed by atoms with Crippen LogP contribution < -0.4 is 20.1 Å². The van der Waals surface area contributed by atoms with Crippen LogP contribution in [0.2, 0.25) is 5.02 Å². The van der Waals surface area contributed by atoms with E-state index < -0.39 is 11.5 Å². The number of halogens is 2. The van der Waals surface area contributed by atoms with E-state index in [1.165, 1.54) is 6.20 Å². The maximum atomic E-state index is 13.0. The molecule has 2 heterocycles. The number of hydrogen-bond donors (Lipinski definition) is 2. The molecule has 3 aromatic rings. The number of benzene rings is 2. The van der Waals surface area contributed by atoms with E-state index in [2.05, 4.69) is 36.5 Å². The minimum Gasteiger partial charge on any atom is -0.490 e. The van der Waals surface area contributed by atoms with Crippen molar-refractivity contribution < 1.29 is 23.8 Å². The number of anilines is 3. The first-order valence-corrected chi connectivity index (χ1v) is 14.9. The van der Waals surface area contributed by atoms with Gasteiger partial charge in [-0.05, 0) is 86.4 Å². The number of ether oxygens (including phenoxy) is 3. The first kappa shape index (κ1) is 31.4. The van der Waals surface area contributed by atoms with Crippen LogP contribution in [0.15, 0.2) is 47.1 Å². The van der Waals surface area contributed by atoms with E-state index in [1.807, 2.05) is 52.8 Å². The van der Waals surface area contributed by atoms with Gasteiger partial charge in [0, 0.05) is 42.3 Å². The van der Waals surface area contributed by atoms with E-state index in [9.17, 15) is 9.59 Å². The van der Waals surface area contributed by atoms with Crippen molar-refractivity contribution in [3.8, 4) is 11.6 Å². The summed E-state index contributed by atoms with van der Waals surface area (Å²) in [7, 11) is 0. The molecule has 2 N–H and O–H groups in total. The van der Waals surface area contributed by atoms with Gasteiger partial charge < -0.3 is 29.7 Å². The fourth-order valence-corrected chi connectivity index (χ4v) is 5.08. The summed E-state index contributed by atoms with van der Waals surface area (Å²) in [5.74, 6) is 0.736. The number of hydrogen-bond acceptors (Lipinski definition) is 8. The van der Waals surface area contributed by atoms with Crippen molar-refractivity contribution in [3.05, 3.63) is 63.2 Å². The summed E-state index contributed by atoms with van der Waals surface area (Å²) in [6.45, 7) is 10.8. The Morgan fingerprint density at radius 2 is 1.90 bits per heavy atom. The Hall–Kier alpha value is -3.57. The van der Waals surface area contributed by atoms with E-state index in [1.54, 1.807) is 23.1 Å². The van der Waals surface area contributed by atoms with Crippen LogP contribution in [0.5, 0.6) is 11.6 Å². The van der Waals surface area contributed by atoms with Crippen molar-refractivity contribution in [2.75, 3.05) is 30.3 Å². The first-order chi connectivity index (χ1) is 19.9. The second kappa shape index (κ2) is 13.6. The molecule has 1 fully saturated rings. The van der Waals surface area contributed by atoms with Crippen LogP contribution in [0.1, 0.15) is 56.5 Å². The predicted molar refractivity (Wildman–Crippen MR) is 166 cm³/mol. The molecule has 0 radical (unpaired) electrons. The van der Waals surface area contributed by atoms with Gasteiger partial charge in [-0.3, -0.25) is 4.79 Å². The van der Waals surface area contributed by atoms with Gasteiger partial charge in [0.2, 0.25) is 11.8 Å². The van der Waals surface area contributed by atoms with Crippen LogP contribution in [0.25, 0.3) is 0 Å². The lowest BCUT2D eigenvalue weighted by atomic mass is 10.1. The Morgan fingerprint density at radius 3 is 2.55 bits per heavy atom. The molecule has 0 spiro atoms. The normalized spacial score (nSPS) is 13.8. The monoisotopic (exact) mass is 659 g/mol. The highest BCUT2D eigenvalue weighted by molar-refractivity contribution is 9.10. The zero-order chi connectivity index (χ0) is 30.4. The smallest absolute Gasteiger partial charge is 0.410 e. The van der Waals surface area contributed by atoms with Crippen molar-refractivity contribution in [2.45, 2.75) is 59.2 Å². The van der Waals surface area contributed by atoms with E-state index in [4.69, 9.17) is 25.8 Å². The summed E-state index contributed by atoms with van der Waals surface area (Å²) in [6, 6.07) is 10.9. The molecule has 0 unspecified atom stereocenters. The molecule has 1 aliphatic heterocycles. The lowest BCUT2D eigenvalue weighted by Gasteiger charge is -2.33. The number of aryl methyl sites for hydroxylation is 1. The number of piperidine rings is 1. The molecule has 10 nitrogen and oxygen atoms in total. The first-order valence-electron chi connectivity index (χ1n) is 13.7. The molecule has 1 saturated heterocycles. The number of nitrogens with zero attached hydrogens (tertiary/aromatic N) is 3. The third-order valence-corrected chi connectivity index (χ3v) is 7.27. The van der Waals surface area contributed by atoms with E-state index in [0.29, 0.717) is 34.9 Å². The topological polar surface area (TPSA) is 115 Å². The molecule has 2 aromatic carbocycles. The van der Waals surface area contributed by atoms with Crippen molar-refractivity contribution in [3.63, 3.8) is 0 Å². The molecule has 1 aromatic heterocycles. The highest BCUT2D eigenvalue weighted by Crippen LogP contribution is 2.32. The number of amides is 2. The Bertz CT molecular complexity index is 1420. The predicted octanol–water partition coefficient (Wildman–Crippen LogP) is 7.37. The van der Waals surface area contributed by atoms with Gasteiger partial charge in [0.15, 0.2) is 0 Å². The highest BCUT2D eigenvalue weighted by Gasteiger charge is 2.28. The minimum atomic E-state index is -0.515. The molecule has 224 valence electrons. The van der Waals surface area contributed by atoms with E-state index in [0.717, 1.165) is 29.8 Å². The number of para-hydroxylation sites is 1.